The van der Waals surface area contributed by atoms with Crippen LogP contribution in [0.25, 0.3) is 98.7 Å². The average Bonchev–Trinajstić information content (AvgIpc) is 3.89. The molecule has 10 aromatic carbocycles. The summed E-state index contributed by atoms with van der Waals surface area (Å²) in [6.45, 7) is 0. The third-order valence-electron chi connectivity index (χ3n) is 11.5. The largest absolute Gasteiger partial charge is 0.456 e. The Hall–Kier alpha value is -7.69. The molecule has 57 heavy (non-hydrogen) atoms. The number of furan rings is 1. The Morgan fingerprint density at radius 1 is 0.368 bits per heavy atom. The van der Waals surface area contributed by atoms with E-state index in [9.17, 15) is 0 Å². The second-order valence-corrected chi connectivity index (χ2v) is 14.7. The minimum atomic E-state index is 0.578. The van der Waals surface area contributed by atoms with Crippen LogP contribution in [0.15, 0.2) is 203 Å². The van der Waals surface area contributed by atoms with E-state index in [-0.39, 0.29) is 0 Å². The van der Waals surface area contributed by atoms with E-state index in [0.29, 0.717) is 5.89 Å². The molecule has 0 unspecified atom stereocenters. The third kappa shape index (κ3) is 4.98. The third-order valence-corrected chi connectivity index (χ3v) is 11.5. The van der Waals surface area contributed by atoms with Gasteiger partial charge in [0.25, 0.3) is 0 Å². The predicted octanol–water partition coefficient (Wildman–Crippen LogP) is 15.1. The number of benzene rings is 10. The molecule has 0 atom stereocenters. The van der Waals surface area contributed by atoms with Crippen LogP contribution in [0.3, 0.4) is 0 Å². The number of nitrogens with zero attached hydrogens (tertiary/aromatic N) is 2. The quantitative estimate of drug-likeness (QED) is 0.166. The molecule has 0 aliphatic heterocycles. The lowest BCUT2D eigenvalue weighted by Gasteiger charge is -2.27. The Bertz CT molecular complexity index is 3540. The van der Waals surface area contributed by atoms with Gasteiger partial charge in [0, 0.05) is 44.5 Å². The lowest BCUT2D eigenvalue weighted by atomic mass is 9.96. The summed E-state index contributed by atoms with van der Waals surface area (Å²) in [4.78, 5) is 7.42. The molecule has 12 aromatic rings. The molecule has 0 saturated carbocycles. The molecule has 0 amide bonds. The topological polar surface area (TPSA) is 42.4 Å². The van der Waals surface area contributed by atoms with Gasteiger partial charge in [0.2, 0.25) is 5.89 Å². The van der Waals surface area contributed by atoms with Crippen LogP contribution < -0.4 is 4.90 Å². The lowest BCUT2D eigenvalue weighted by Crippen LogP contribution is -2.10. The molecule has 0 fully saturated rings. The zero-order valence-corrected chi connectivity index (χ0v) is 30.7. The molecule has 0 radical (unpaired) electrons. The summed E-state index contributed by atoms with van der Waals surface area (Å²) in [6, 6.07) is 68.7. The summed E-state index contributed by atoms with van der Waals surface area (Å²) >= 11 is 0. The first-order valence-corrected chi connectivity index (χ1v) is 19.3. The van der Waals surface area contributed by atoms with Crippen LogP contribution in [0.2, 0.25) is 0 Å². The van der Waals surface area contributed by atoms with Crippen LogP contribution in [0.4, 0.5) is 17.1 Å². The van der Waals surface area contributed by atoms with Gasteiger partial charge in [-0.3, -0.25) is 0 Å². The highest BCUT2D eigenvalue weighted by Gasteiger charge is 2.22. The highest BCUT2D eigenvalue weighted by molar-refractivity contribution is 6.20. The highest BCUT2D eigenvalue weighted by Crippen LogP contribution is 2.45. The first kappa shape index (κ1) is 31.6. The number of hydrogen-bond acceptors (Lipinski definition) is 4. The molecule has 2 aromatic heterocycles. The van der Waals surface area contributed by atoms with Crippen molar-refractivity contribution in [3.8, 4) is 22.6 Å². The second kappa shape index (κ2) is 12.4. The summed E-state index contributed by atoms with van der Waals surface area (Å²) in [7, 11) is 0. The van der Waals surface area contributed by atoms with Crippen molar-refractivity contribution in [2.45, 2.75) is 0 Å². The van der Waals surface area contributed by atoms with E-state index in [1.807, 2.05) is 30.3 Å². The molecular weight excluding hydrogens is 697 g/mol. The summed E-state index contributed by atoms with van der Waals surface area (Å²) in [5.41, 5.74) is 9.55. The first-order chi connectivity index (χ1) is 28.2. The molecule has 0 aliphatic rings. The van der Waals surface area contributed by atoms with Crippen LogP contribution in [-0.2, 0) is 0 Å². The van der Waals surface area contributed by atoms with E-state index in [0.717, 1.165) is 72.0 Å². The van der Waals surface area contributed by atoms with E-state index >= 15 is 0 Å². The van der Waals surface area contributed by atoms with E-state index in [2.05, 4.69) is 169 Å². The van der Waals surface area contributed by atoms with Crippen molar-refractivity contribution in [3.05, 3.63) is 194 Å². The Morgan fingerprint density at radius 3 is 1.93 bits per heavy atom. The van der Waals surface area contributed by atoms with Crippen molar-refractivity contribution in [2.24, 2.45) is 0 Å². The van der Waals surface area contributed by atoms with Gasteiger partial charge in [-0.2, -0.15) is 0 Å². The zero-order valence-electron chi connectivity index (χ0n) is 30.7. The van der Waals surface area contributed by atoms with Crippen LogP contribution in [0, 0.1) is 0 Å². The Labute approximate surface area is 327 Å². The van der Waals surface area contributed by atoms with Crippen LogP contribution in [0.5, 0.6) is 0 Å². The summed E-state index contributed by atoms with van der Waals surface area (Å²) in [5.74, 6) is 0.578. The molecule has 0 saturated heterocycles. The Kier molecular flexibility index (Phi) is 6.89. The lowest BCUT2D eigenvalue weighted by molar-refractivity contribution is 0.620. The smallest absolute Gasteiger partial charge is 0.228 e. The fourth-order valence-electron chi connectivity index (χ4n) is 8.83. The van der Waals surface area contributed by atoms with Gasteiger partial charge in [-0.1, -0.05) is 140 Å². The number of oxazole rings is 1. The van der Waals surface area contributed by atoms with E-state index < -0.39 is 0 Å². The normalized spacial score (nSPS) is 11.9. The fourth-order valence-corrected chi connectivity index (χ4v) is 8.83. The molecular formula is C53H32N2O2. The summed E-state index contributed by atoms with van der Waals surface area (Å²) < 4.78 is 13.2. The first-order valence-electron chi connectivity index (χ1n) is 19.3. The van der Waals surface area contributed by atoms with Crippen molar-refractivity contribution < 1.29 is 8.83 Å². The predicted molar refractivity (Wildman–Crippen MR) is 237 cm³/mol. The van der Waals surface area contributed by atoms with Gasteiger partial charge < -0.3 is 13.7 Å². The van der Waals surface area contributed by atoms with Crippen LogP contribution >= 0.6 is 0 Å². The molecule has 266 valence electrons. The number of hydrogen-bond donors (Lipinski definition) is 0. The van der Waals surface area contributed by atoms with Gasteiger partial charge in [-0.25, -0.2) is 4.98 Å². The van der Waals surface area contributed by atoms with Gasteiger partial charge >= 0.3 is 0 Å². The maximum Gasteiger partial charge on any atom is 0.228 e. The van der Waals surface area contributed by atoms with Gasteiger partial charge in [0.05, 0.1) is 5.69 Å². The minimum Gasteiger partial charge on any atom is -0.456 e. The molecule has 0 N–H and O–H groups in total. The monoisotopic (exact) mass is 728 g/mol. The van der Waals surface area contributed by atoms with E-state index in [1.165, 1.54) is 37.9 Å². The fraction of sp³-hybridized carbons (Fsp3) is 0. The van der Waals surface area contributed by atoms with Crippen molar-refractivity contribution in [3.63, 3.8) is 0 Å². The second-order valence-electron chi connectivity index (χ2n) is 14.7. The molecule has 0 spiro atoms. The molecule has 0 aliphatic carbocycles. The van der Waals surface area contributed by atoms with Gasteiger partial charge in [0.15, 0.2) is 5.58 Å². The van der Waals surface area contributed by atoms with Crippen molar-refractivity contribution in [1.29, 1.82) is 0 Å². The maximum atomic E-state index is 6.70. The van der Waals surface area contributed by atoms with Gasteiger partial charge in [-0.05, 0) is 92.0 Å². The van der Waals surface area contributed by atoms with Crippen molar-refractivity contribution in [2.75, 3.05) is 4.90 Å². The van der Waals surface area contributed by atoms with Gasteiger partial charge in [0.1, 0.15) is 16.7 Å². The van der Waals surface area contributed by atoms with Crippen molar-refractivity contribution in [1.82, 2.24) is 4.98 Å². The van der Waals surface area contributed by atoms with Crippen molar-refractivity contribution >= 4 is 93.2 Å². The van der Waals surface area contributed by atoms with Crippen LogP contribution in [-0.4, -0.2) is 4.98 Å². The van der Waals surface area contributed by atoms with E-state index in [4.69, 9.17) is 13.8 Å². The van der Waals surface area contributed by atoms with Gasteiger partial charge in [-0.15, -0.1) is 0 Å². The number of rotatable bonds is 5. The Balaban J connectivity index is 1.06. The summed E-state index contributed by atoms with van der Waals surface area (Å²) in [6.07, 6.45) is 0. The molecule has 12 rings (SSSR count). The maximum absolute atomic E-state index is 6.70. The average molecular weight is 729 g/mol. The zero-order chi connectivity index (χ0) is 37.5. The standard InChI is InChI=1S/C53H32N2O2/c1-2-11-33(12-3-1)36-15-8-16-37(31-36)55(47-21-9-19-41-43-26-23-34-13-4-6-17-39(34)42(43)28-29-44(41)47)38-25-27-45-50(32-38)56-48-22-10-20-46(51(45)48)53-54-52-40-18-7-5-14-35(40)24-30-49(52)57-53/h1-32H. The van der Waals surface area contributed by atoms with E-state index in [1.54, 1.807) is 0 Å². The summed E-state index contributed by atoms with van der Waals surface area (Å²) in [5, 5.41) is 11.6. The molecule has 4 nitrogen and oxygen atoms in total. The number of anilines is 3. The highest BCUT2D eigenvalue weighted by atomic mass is 16.3. The molecule has 0 bridgehead atoms. The Morgan fingerprint density at radius 2 is 1.02 bits per heavy atom. The minimum absolute atomic E-state index is 0.578. The molecule has 4 heteroatoms. The molecule has 2 heterocycles. The number of fused-ring (bicyclic) bond motifs is 11. The van der Waals surface area contributed by atoms with Crippen LogP contribution in [0.1, 0.15) is 0 Å². The number of aromatic nitrogens is 1. The SMILES string of the molecule is c1ccc(-c2cccc(N(c3ccc4c(c3)oc3cccc(-c5nc6c(ccc7ccccc76)o5)c34)c3cccc4c3ccc3c5ccccc5ccc43)c2)cc1.